The summed E-state index contributed by atoms with van der Waals surface area (Å²) in [6.45, 7) is 1.91. The Morgan fingerprint density at radius 2 is 2.17 bits per heavy atom. The molecule has 0 bridgehead atoms. The summed E-state index contributed by atoms with van der Waals surface area (Å²) in [6.07, 6.45) is -1.33. The second-order valence-corrected chi connectivity index (χ2v) is 3.64. The van der Waals surface area contributed by atoms with Gasteiger partial charge in [-0.2, -0.15) is 0 Å². The lowest BCUT2D eigenvalue weighted by Gasteiger charge is -2.16. The molecule has 6 nitrogen and oxygen atoms in total. The average Bonchev–Trinajstić information content (AvgIpc) is 2.38. The number of aliphatic hydroxyl groups is 2. The molecule has 0 aliphatic heterocycles. The standard InChI is InChI=1S/C12H17NO5/c1-3-18-11(15)6-10(14)12(16)9-5-4-8(17-2)7-13-9/h4-5,7,10,12,14,16H,3,6H2,1-2H3. The van der Waals surface area contributed by atoms with Crippen LogP contribution in [0.15, 0.2) is 18.3 Å². The van der Waals surface area contributed by atoms with E-state index in [4.69, 9.17) is 4.74 Å². The van der Waals surface area contributed by atoms with Crippen LogP contribution in [0.3, 0.4) is 0 Å². The SMILES string of the molecule is CCOC(=O)CC(O)C(O)c1ccc(OC)cn1. The van der Waals surface area contributed by atoms with E-state index in [2.05, 4.69) is 9.72 Å². The molecule has 2 N–H and O–H groups in total. The summed E-state index contributed by atoms with van der Waals surface area (Å²) in [4.78, 5) is 15.1. The summed E-state index contributed by atoms with van der Waals surface area (Å²) < 4.78 is 9.61. The zero-order chi connectivity index (χ0) is 13.5. The Morgan fingerprint density at radius 3 is 2.67 bits per heavy atom. The van der Waals surface area contributed by atoms with Crippen molar-refractivity contribution in [2.24, 2.45) is 0 Å². The van der Waals surface area contributed by atoms with Crippen molar-refractivity contribution in [1.29, 1.82) is 0 Å². The topological polar surface area (TPSA) is 88.9 Å². The molecule has 1 aromatic rings. The molecular weight excluding hydrogens is 238 g/mol. The monoisotopic (exact) mass is 255 g/mol. The van der Waals surface area contributed by atoms with E-state index < -0.39 is 18.2 Å². The number of carbonyl (C=O) groups excluding carboxylic acids is 1. The third kappa shape index (κ3) is 3.97. The second-order valence-electron chi connectivity index (χ2n) is 3.64. The number of hydrogen-bond donors (Lipinski definition) is 2. The highest BCUT2D eigenvalue weighted by atomic mass is 16.5. The summed E-state index contributed by atoms with van der Waals surface area (Å²) in [5.41, 5.74) is 0.271. The third-order valence-electron chi connectivity index (χ3n) is 2.34. The minimum absolute atomic E-state index is 0.239. The van der Waals surface area contributed by atoms with Crippen molar-refractivity contribution >= 4 is 5.97 Å². The fourth-order valence-electron chi connectivity index (χ4n) is 1.39. The number of hydrogen-bond acceptors (Lipinski definition) is 6. The first-order chi connectivity index (χ1) is 8.58. The van der Waals surface area contributed by atoms with Gasteiger partial charge in [0.1, 0.15) is 11.9 Å². The largest absolute Gasteiger partial charge is 0.495 e. The highest BCUT2D eigenvalue weighted by Crippen LogP contribution is 2.19. The van der Waals surface area contributed by atoms with Crippen LogP contribution in [0, 0.1) is 0 Å². The van der Waals surface area contributed by atoms with Crippen LogP contribution in [0.25, 0.3) is 0 Å². The molecule has 1 heterocycles. The second kappa shape index (κ2) is 6.93. The van der Waals surface area contributed by atoms with Crippen LogP contribution in [0.2, 0.25) is 0 Å². The maximum Gasteiger partial charge on any atom is 0.308 e. The molecule has 0 aliphatic rings. The number of pyridine rings is 1. The third-order valence-corrected chi connectivity index (χ3v) is 2.34. The van der Waals surface area contributed by atoms with Gasteiger partial charge >= 0.3 is 5.97 Å². The van der Waals surface area contributed by atoms with Crippen LogP contribution in [0.5, 0.6) is 5.75 Å². The normalized spacial score (nSPS) is 13.8. The molecule has 100 valence electrons. The van der Waals surface area contributed by atoms with Crippen molar-refractivity contribution in [3.05, 3.63) is 24.0 Å². The predicted octanol–water partition coefficient (Wildman–Crippen LogP) is 0.438. The van der Waals surface area contributed by atoms with Crippen molar-refractivity contribution in [3.63, 3.8) is 0 Å². The van der Waals surface area contributed by atoms with Crippen molar-refractivity contribution < 1.29 is 24.5 Å². The van der Waals surface area contributed by atoms with Gasteiger partial charge < -0.3 is 19.7 Å². The maximum absolute atomic E-state index is 11.2. The number of aromatic nitrogens is 1. The number of nitrogens with zero attached hydrogens (tertiary/aromatic N) is 1. The predicted molar refractivity (Wildman–Crippen MR) is 63.0 cm³/mol. The summed E-state index contributed by atoms with van der Waals surface area (Å²) in [5, 5.41) is 19.5. The molecule has 0 spiro atoms. The molecule has 18 heavy (non-hydrogen) atoms. The van der Waals surface area contributed by atoms with Gasteiger partial charge in [0.15, 0.2) is 0 Å². The van der Waals surface area contributed by atoms with Gasteiger partial charge in [0.05, 0.1) is 38.1 Å². The van der Waals surface area contributed by atoms with E-state index in [0.29, 0.717) is 5.75 Å². The van der Waals surface area contributed by atoms with Crippen molar-refractivity contribution in [2.45, 2.75) is 25.6 Å². The summed E-state index contributed by atoms with van der Waals surface area (Å²) >= 11 is 0. The van der Waals surface area contributed by atoms with Crippen LogP contribution in [0.1, 0.15) is 25.1 Å². The van der Waals surface area contributed by atoms with Gasteiger partial charge in [-0.1, -0.05) is 0 Å². The van der Waals surface area contributed by atoms with Crippen LogP contribution < -0.4 is 4.74 Å². The lowest BCUT2D eigenvalue weighted by molar-refractivity contribution is -0.147. The molecule has 1 aromatic heterocycles. The lowest BCUT2D eigenvalue weighted by Crippen LogP contribution is -2.23. The Labute approximate surface area is 105 Å². The Hall–Kier alpha value is -1.66. The Balaban J connectivity index is 2.61. The minimum atomic E-state index is -1.25. The van der Waals surface area contributed by atoms with Gasteiger partial charge in [-0.15, -0.1) is 0 Å². The van der Waals surface area contributed by atoms with E-state index in [1.54, 1.807) is 13.0 Å². The summed E-state index contributed by atoms with van der Waals surface area (Å²) in [5.74, 6) is -0.0107. The zero-order valence-corrected chi connectivity index (χ0v) is 10.4. The average molecular weight is 255 g/mol. The van der Waals surface area contributed by atoms with Crippen molar-refractivity contribution in [2.75, 3.05) is 13.7 Å². The van der Waals surface area contributed by atoms with E-state index in [9.17, 15) is 15.0 Å². The Bertz CT molecular complexity index is 379. The summed E-state index contributed by atoms with van der Waals surface area (Å²) in [6, 6.07) is 3.14. The first-order valence-corrected chi connectivity index (χ1v) is 5.60. The fourth-order valence-corrected chi connectivity index (χ4v) is 1.39. The van der Waals surface area contributed by atoms with Gasteiger partial charge in [0.25, 0.3) is 0 Å². The molecule has 0 aromatic carbocycles. The number of ether oxygens (including phenoxy) is 2. The van der Waals surface area contributed by atoms with Gasteiger partial charge in [-0.3, -0.25) is 9.78 Å². The van der Waals surface area contributed by atoms with Crippen LogP contribution in [-0.4, -0.2) is 41.0 Å². The number of aliphatic hydroxyl groups excluding tert-OH is 2. The summed E-state index contributed by atoms with van der Waals surface area (Å²) in [7, 11) is 1.50. The molecule has 2 atom stereocenters. The number of methoxy groups -OCH3 is 1. The smallest absolute Gasteiger partial charge is 0.308 e. The molecule has 0 saturated carbocycles. The van der Waals surface area contributed by atoms with E-state index in [1.165, 1.54) is 19.4 Å². The van der Waals surface area contributed by atoms with Crippen molar-refractivity contribution in [1.82, 2.24) is 4.98 Å². The van der Waals surface area contributed by atoms with Gasteiger partial charge in [0.2, 0.25) is 0 Å². The molecule has 2 unspecified atom stereocenters. The highest BCUT2D eigenvalue weighted by molar-refractivity contribution is 5.70. The van der Waals surface area contributed by atoms with E-state index in [-0.39, 0.29) is 18.7 Å². The number of esters is 1. The first kappa shape index (κ1) is 14.4. The lowest BCUT2D eigenvalue weighted by atomic mass is 10.1. The maximum atomic E-state index is 11.2. The van der Waals surface area contributed by atoms with E-state index in [1.807, 2.05) is 0 Å². The fraction of sp³-hybridized carbons (Fsp3) is 0.500. The Morgan fingerprint density at radius 1 is 1.44 bits per heavy atom. The minimum Gasteiger partial charge on any atom is -0.495 e. The highest BCUT2D eigenvalue weighted by Gasteiger charge is 2.23. The molecule has 1 rings (SSSR count). The van der Waals surface area contributed by atoms with Crippen LogP contribution in [0.4, 0.5) is 0 Å². The molecule has 0 amide bonds. The molecule has 0 radical (unpaired) electrons. The first-order valence-electron chi connectivity index (χ1n) is 5.60. The van der Waals surface area contributed by atoms with Gasteiger partial charge in [0, 0.05) is 0 Å². The van der Waals surface area contributed by atoms with Crippen LogP contribution >= 0.6 is 0 Å². The number of carbonyl (C=O) groups is 1. The van der Waals surface area contributed by atoms with Gasteiger partial charge in [-0.25, -0.2) is 0 Å². The van der Waals surface area contributed by atoms with Crippen molar-refractivity contribution in [3.8, 4) is 5.75 Å². The molecular formula is C12H17NO5. The quantitative estimate of drug-likeness (QED) is 0.717. The number of rotatable bonds is 6. The molecule has 0 aliphatic carbocycles. The van der Waals surface area contributed by atoms with E-state index >= 15 is 0 Å². The molecule has 0 fully saturated rings. The van der Waals surface area contributed by atoms with E-state index in [0.717, 1.165) is 0 Å². The molecule has 0 saturated heterocycles. The molecule has 6 heteroatoms. The Kier molecular flexibility index (Phi) is 5.54. The van der Waals surface area contributed by atoms with Crippen LogP contribution in [-0.2, 0) is 9.53 Å². The van der Waals surface area contributed by atoms with Gasteiger partial charge in [-0.05, 0) is 19.1 Å². The zero-order valence-electron chi connectivity index (χ0n) is 10.4.